The molecule has 0 atom stereocenters. The molecule has 0 aliphatic carbocycles. The second-order valence-electron chi connectivity index (χ2n) is 4.75. The second-order valence-corrected chi connectivity index (χ2v) is 5.19. The topological polar surface area (TPSA) is 81.5 Å². The Labute approximate surface area is 138 Å². The quantitative estimate of drug-likeness (QED) is 0.643. The summed E-state index contributed by atoms with van der Waals surface area (Å²) in [5.74, 6) is 0.0675. The van der Waals surface area contributed by atoms with Crippen LogP contribution in [0.3, 0.4) is 0 Å². The van der Waals surface area contributed by atoms with Gasteiger partial charge in [0.15, 0.2) is 6.61 Å². The van der Waals surface area contributed by atoms with E-state index in [-0.39, 0.29) is 23.0 Å². The van der Waals surface area contributed by atoms with Crippen LogP contribution in [0.1, 0.15) is 12.5 Å². The average Bonchev–Trinajstić information content (AvgIpc) is 2.55. The van der Waals surface area contributed by atoms with Crippen molar-refractivity contribution < 1.29 is 14.5 Å². The van der Waals surface area contributed by atoms with E-state index < -0.39 is 10.8 Å². The number of hydrogen-bond donors (Lipinski definition) is 1. The molecule has 2 rings (SSSR count). The van der Waals surface area contributed by atoms with E-state index in [0.29, 0.717) is 5.75 Å². The number of carbonyl (C=O) groups is 1. The van der Waals surface area contributed by atoms with Crippen LogP contribution in [0.25, 0.3) is 0 Å². The molecule has 0 aromatic heterocycles. The molecule has 120 valence electrons. The van der Waals surface area contributed by atoms with Crippen molar-refractivity contribution in [2.75, 3.05) is 11.9 Å². The molecule has 0 saturated heterocycles. The van der Waals surface area contributed by atoms with E-state index >= 15 is 0 Å². The van der Waals surface area contributed by atoms with Gasteiger partial charge in [-0.05, 0) is 36.2 Å². The predicted octanol–water partition coefficient (Wildman–Crippen LogP) is 3.83. The van der Waals surface area contributed by atoms with Gasteiger partial charge in [0.1, 0.15) is 11.4 Å². The Balaban J connectivity index is 1.98. The van der Waals surface area contributed by atoms with Crippen LogP contribution in [-0.2, 0) is 11.2 Å². The molecule has 0 radical (unpaired) electrons. The van der Waals surface area contributed by atoms with Crippen LogP contribution in [0.2, 0.25) is 5.02 Å². The normalized spacial score (nSPS) is 10.2. The monoisotopic (exact) mass is 334 g/mol. The van der Waals surface area contributed by atoms with Gasteiger partial charge in [-0.1, -0.05) is 30.7 Å². The number of carbonyl (C=O) groups excluding carboxylic acids is 1. The molecule has 6 nitrogen and oxygen atoms in total. The Hall–Kier alpha value is -2.60. The number of rotatable bonds is 6. The molecular formula is C16H15ClN2O4. The first kappa shape index (κ1) is 16.8. The number of ether oxygens (including phenoxy) is 1. The lowest BCUT2D eigenvalue weighted by Gasteiger charge is -2.08. The number of hydrogen-bond acceptors (Lipinski definition) is 4. The highest BCUT2D eigenvalue weighted by molar-refractivity contribution is 6.31. The highest BCUT2D eigenvalue weighted by Gasteiger charge is 2.16. The zero-order valence-electron chi connectivity index (χ0n) is 12.4. The number of anilines is 1. The maximum absolute atomic E-state index is 11.9. The first-order valence-electron chi connectivity index (χ1n) is 6.95. The minimum Gasteiger partial charge on any atom is -0.484 e. The lowest BCUT2D eigenvalue weighted by atomic mass is 10.2. The minimum absolute atomic E-state index is 0.0781. The number of nitrogens with one attached hydrogen (secondary N) is 1. The highest BCUT2D eigenvalue weighted by atomic mass is 35.5. The SMILES string of the molecule is CCc1ccc(OCC(=O)Nc2ccc(Cl)cc2[N+](=O)[O-])cc1. The predicted molar refractivity (Wildman–Crippen MR) is 88.1 cm³/mol. The molecule has 1 amide bonds. The molecule has 2 aromatic carbocycles. The van der Waals surface area contributed by atoms with Crippen molar-refractivity contribution in [1.29, 1.82) is 0 Å². The van der Waals surface area contributed by atoms with Gasteiger partial charge in [-0.3, -0.25) is 14.9 Å². The molecule has 2 aromatic rings. The van der Waals surface area contributed by atoms with E-state index in [4.69, 9.17) is 16.3 Å². The van der Waals surface area contributed by atoms with Crippen LogP contribution in [0, 0.1) is 10.1 Å². The molecular weight excluding hydrogens is 320 g/mol. The molecule has 7 heteroatoms. The van der Waals surface area contributed by atoms with Crippen molar-refractivity contribution in [3.05, 3.63) is 63.2 Å². The van der Waals surface area contributed by atoms with Gasteiger partial charge >= 0.3 is 0 Å². The van der Waals surface area contributed by atoms with Gasteiger partial charge < -0.3 is 10.1 Å². The van der Waals surface area contributed by atoms with Gasteiger partial charge in [0.25, 0.3) is 11.6 Å². The van der Waals surface area contributed by atoms with E-state index in [0.717, 1.165) is 6.42 Å². The summed E-state index contributed by atoms with van der Waals surface area (Å²) in [5.41, 5.74) is 0.978. The van der Waals surface area contributed by atoms with Crippen LogP contribution in [-0.4, -0.2) is 17.4 Å². The third-order valence-corrected chi connectivity index (χ3v) is 3.37. The average molecular weight is 335 g/mol. The summed E-state index contributed by atoms with van der Waals surface area (Å²) < 4.78 is 5.36. The number of halogens is 1. The highest BCUT2D eigenvalue weighted by Crippen LogP contribution is 2.27. The zero-order valence-corrected chi connectivity index (χ0v) is 13.2. The summed E-state index contributed by atoms with van der Waals surface area (Å²) in [6.45, 7) is 1.80. The molecule has 0 spiro atoms. The number of aryl methyl sites for hydroxylation is 1. The van der Waals surface area contributed by atoms with Crippen LogP contribution in [0.4, 0.5) is 11.4 Å². The van der Waals surface area contributed by atoms with E-state index in [1.807, 2.05) is 19.1 Å². The molecule has 1 N–H and O–H groups in total. The number of benzene rings is 2. The molecule has 0 saturated carbocycles. The van der Waals surface area contributed by atoms with Crippen molar-refractivity contribution in [3.63, 3.8) is 0 Å². The van der Waals surface area contributed by atoms with Gasteiger partial charge in [-0.15, -0.1) is 0 Å². The van der Waals surface area contributed by atoms with Gasteiger partial charge in [-0.2, -0.15) is 0 Å². The number of amides is 1. The van der Waals surface area contributed by atoms with Crippen molar-refractivity contribution in [2.45, 2.75) is 13.3 Å². The van der Waals surface area contributed by atoms with E-state index in [2.05, 4.69) is 5.32 Å². The summed E-state index contributed by atoms with van der Waals surface area (Å²) in [7, 11) is 0. The third-order valence-electron chi connectivity index (χ3n) is 3.13. The number of nitro groups is 1. The Kier molecular flexibility index (Phi) is 5.54. The fraction of sp³-hybridized carbons (Fsp3) is 0.188. The fourth-order valence-electron chi connectivity index (χ4n) is 1.92. The fourth-order valence-corrected chi connectivity index (χ4v) is 2.08. The summed E-state index contributed by atoms with van der Waals surface area (Å²) in [6.07, 6.45) is 0.918. The van der Waals surface area contributed by atoms with E-state index in [9.17, 15) is 14.9 Å². The molecule has 0 aliphatic heterocycles. The second kappa shape index (κ2) is 7.60. The van der Waals surface area contributed by atoms with Crippen LogP contribution in [0.5, 0.6) is 5.75 Å². The van der Waals surface area contributed by atoms with Crippen LogP contribution >= 0.6 is 11.6 Å². The Morgan fingerprint density at radius 3 is 2.57 bits per heavy atom. The maximum atomic E-state index is 11.9. The number of nitrogens with zero attached hydrogens (tertiary/aromatic N) is 1. The van der Waals surface area contributed by atoms with Crippen molar-refractivity contribution in [3.8, 4) is 5.75 Å². The smallest absolute Gasteiger partial charge is 0.294 e. The lowest BCUT2D eigenvalue weighted by molar-refractivity contribution is -0.383. The summed E-state index contributed by atoms with van der Waals surface area (Å²) in [6, 6.07) is 11.4. The molecule has 0 heterocycles. The molecule has 0 aliphatic rings. The standard InChI is InChI=1S/C16H15ClN2O4/c1-2-11-3-6-13(7-4-11)23-10-16(20)18-14-8-5-12(17)9-15(14)19(21)22/h3-9H,2,10H2,1H3,(H,18,20). The third kappa shape index (κ3) is 4.69. The summed E-state index contributed by atoms with van der Waals surface area (Å²) >= 11 is 5.72. The lowest BCUT2D eigenvalue weighted by Crippen LogP contribution is -2.20. The molecule has 23 heavy (non-hydrogen) atoms. The first-order chi connectivity index (χ1) is 11.0. The molecule has 0 unspecified atom stereocenters. The van der Waals surface area contributed by atoms with Gasteiger partial charge in [0, 0.05) is 11.1 Å². The minimum atomic E-state index is -0.605. The summed E-state index contributed by atoms with van der Waals surface area (Å²) in [5, 5.41) is 13.6. The van der Waals surface area contributed by atoms with Crippen molar-refractivity contribution >= 4 is 28.9 Å². The van der Waals surface area contributed by atoms with Crippen LogP contribution < -0.4 is 10.1 Å². The van der Waals surface area contributed by atoms with Gasteiger partial charge in [-0.25, -0.2) is 0 Å². The van der Waals surface area contributed by atoms with Crippen molar-refractivity contribution in [1.82, 2.24) is 0 Å². The largest absolute Gasteiger partial charge is 0.484 e. The van der Waals surface area contributed by atoms with Crippen LogP contribution in [0.15, 0.2) is 42.5 Å². The Morgan fingerprint density at radius 2 is 1.96 bits per heavy atom. The Bertz CT molecular complexity index is 717. The number of nitro benzene ring substituents is 1. The zero-order chi connectivity index (χ0) is 16.8. The van der Waals surface area contributed by atoms with Gasteiger partial charge in [0.2, 0.25) is 0 Å². The van der Waals surface area contributed by atoms with Gasteiger partial charge in [0.05, 0.1) is 4.92 Å². The first-order valence-corrected chi connectivity index (χ1v) is 7.33. The van der Waals surface area contributed by atoms with Crippen molar-refractivity contribution in [2.24, 2.45) is 0 Å². The Morgan fingerprint density at radius 1 is 1.26 bits per heavy atom. The summed E-state index contributed by atoms with van der Waals surface area (Å²) in [4.78, 5) is 22.2. The maximum Gasteiger partial charge on any atom is 0.294 e. The van der Waals surface area contributed by atoms with E-state index in [1.165, 1.54) is 23.8 Å². The molecule has 0 fully saturated rings. The molecule has 0 bridgehead atoms. The van der Waals surface area contributed by atoms with E-state index in [1.54, 1.807) is 12.1 Å².